The van der Waals surface area contributed by atoms with Crippen LogP contribution in [-0.2, 0) is 76.6 Å². The number of aromatic nitrogens is 3. The Morgan fingerprint density at radius 2 is 1.31 bits per heavy atom. The smallest absolute Gasteiger partial charge is 0.340 e. The molecule has 0 fully saturated rings. The number of nitrogens with one attached hydrogen (secondary N) is 2. The molecule has 2 aromatic heterocycles. The van der Waals surface area contributed by atoms with Gasteiger partial charge in [0.15, 0.2) is 5.78 Å². The predicted octanol–water partition coefficient (Wildman–Crippen LogP) is 1.08. The van der Waals surface area contributed by atoms with Crippen LogP contribution in [0.3, 0.4) is 0 Å². The summed E-state index contributed by atoms with van der Waals surface area (Å²) in [5.74, 6) is -11.8. The van der Waals surface area contributed by atoms with Gasteiger partial charge >= 0.3 is 29.8 Å². The van der Waals surface area contributed by atoms with Gasteiger partial charge in [0.1, 0.15) is 29.6 Å². The molecule has 3 amide bonds. The number of aliphatic carboxylic acids is 1. The largest absolute Gasteiger partial charge is 0.481 e. The Labute approximate surface area is 402 Å². The highest BCUT2D eigenvalue weighted by Crippen LogP contribution is 2.34. The van der Waals surface area contributed by atoms with Crippen molar-refractivity contribution in [1.82, 2.24) is 25.2 Å². The number of H-pyrrole nitrogens is 1. The molecular weight excluding hydrogens is 915 g/mol. The molecule has 4 rings (SSSR count). The standard InChI is InChI=1S/C47H59N9O14/c1-67-42(63)31(48)17-21-35(58)56(36(59)22-18-32(49)43(64)68-2)47(45(66)70-4,24-30(41(61)62)23-27-9-6-5-7-10-27)34(57)20-19-33(44(65)69-3)53-40(60)28-15-13-26(14-16-28)11-8-12-29-25-52-39-37(29)38(50)54-46(51)55-39/h5-7,9-10,13-16,25,30-33H,8,11-12,17-24,48-49H2,1-4H3,(H,53,60)(H,61,62)(H5,50,51,52,54,55)/t30?,31-,32-,33-,47+/m0/s1. The Kier molecular flexibility index (Phi) is 20.0. The molecule has 0 saturated heterocycles. The first kappa shape index (κ1) is 54.8. The number of imide groups is 1. The van der Waals surface area contributed by atoms with E-state index in [4.69, 9.17) is 32.4 Å². The van der Waals surface area contributed by atoms with Crippen molar-refractivity contribution >= 4 is 76.2 Å². The fourth-order valence-electron chi connectivity index (χ4n) is 7.94. The lowest BCUT2D eigenvalue weighted by Crippen LogP contribution is -2.66. The van der Waals surface area contributed by atoms with Gasteiger partial charge in [0.2, 0.25) is 23.3 Å². The van der Waals surface area contributed by atoms with Crippen molar-refractivity contribution in [3.05, 3.63) is 83.0 Å². The molecule has 0 bridgehead atoms. The first-order valence-electron chi connectivity index (χ1n) is 22.1. The van der Waals surface area contributed by atoms with Crippen LogP contribution in [0.4, 0.5) is 11.8 Å². The third-order valence-electron chi connectivity index (χ3n) is 11.7. The third-order valence-corrected chi connectivity index (χ3v) is 11.7. The molecule has 376 valence electrons. The molecular formula is C47H59N9O14. The Hall–Kier alpha value is -7.79. The number of amides is 3. The van der Waals surface area contributed by atoms with E-state index in [1.165, 1.54) is 12.1 Å². The summed E-state index contributed by atoms with van der Waals surface area (Å²) < 4.78 is 19.4. The van der Waals surface area contributed by atoms with Crippen molar-refractivity contribution in [3.8, 4) is 0 Å². The number of aromatic amines is 1. The number of rotatable bonds is 26. The number of hydrogen-bond donors (Lipinski definition) is 7. The molecule has 23 nitrogen and oxygen atoms in total. The number of carboxylic acid groups (broad SMARTS) is 1. The second-order valence-electron chi connectivity index (χ2n) is 16.3. The molecule has 0 spiro atoms. The number of carboxylic acids is 1. The summed E-state index contributed by atoms with van der Waals surface area (Å²) in [6.45, 7) is 0. The zero-order valence-electron chi connectivity index (χ0n) is 39.3. The van der Waals surface area contributed by atoms with Gasteiger partial charge in [0.25, 0.3) is 5.91 Å². The van der Waals surface area contributed by atoms with Crippen molar-refractivity contribution < 1.29 is 67.2 Å². The van der Waals surface area contributed by atoms with Crippen LogP contribution in [-0.4, -0.2) is 130 Å². The van der Waals surface area contributed by atoms with Gasteiger partial charge in [-0.15, -0.1) is 0 Å². The molecule has 0 aliphatic heterocycles. The molecule has 2 heterocycles. The number of ether oxygens (including phenoxy) is 4. The van der Waals surface area contributed by atoms with Gasteiger partial charge in [-0.05, 0) is 73.8 Å². The number of ketones is 1. The quantitative estimate of drug-likeness (QED) is 0.0263. The highest BCUT2D eigenvalue weighted by atomic mass is 16.5. The highest BCUT2D eigenvalue weighted by molar-refractivity contribution is 6.16. The Balaban J connectivity index is 1.67. The Bertz CT molecular complexity index is 2500. The molecule has 70 heavy (non-hydrogen) atoms. The van der Waals surface area contributed by atoms with Gasteiger partial charge in [-0.1, -0.05) is 42.5 Å². The van der Waals surface area contributed by atoms with E-state index in [1.54, 1.807) is 48.7 Å². The molecule has 0 aliphatic rings. The fraction of sp³-hybridized carbons (Fsp3) is 0.426. The number of hydrogen-bond acceptors (Lipinski definition) is 19. The van der Waals surface area contributed by atoms with Crippen molar-refractivity contribution in [2.45, 2.75) is 94.3 Å². The van der Waals surface area contributed by atoms with Crippen LogP contribution in [0.25, 0.3) is 11.0 Å². The number of esters is 4. The van der Waals surface area contributed by atoms with E-state index in [1.807, 2.05) is 0 Å². The Morgan fingerprint density at radius 1 is 0.729 bits per heavy atom. The second kappa shape index (κ2) is 25.5. The number of nitrogens with zero attached hydrogens (tertiary/aromatic N) is 3. The summed E-state index contributed by atoms with van der Waals surface area (Å²) in [4.78, 5) is 134. The molecule has 5 atom stereocenters. The van der Waals surface area contributed by atoms with E-state index in [-0.39, 0.29) is 28.7 Å². The molecule has 0 aliphatic carbocycles. The molecule has 4 aromatic rings. The number of aryl methyl sites for hydroxylation is 2. The van der Waals surface area contributed by atoms with Crippen molar-refractivity contribution in [2.24, 2.45) is 17.4 Å². The monoisotopic (exact) mass is 973 g/mol. The topological polar surface area (TPSA) is 372 Å². The van der Waals surface area contributed by atoms with E-state index in [0.717, 1.165) is 39.6 Å². The maximum Gasteiger partial charge on any atom is 0.340 e. The van der Waals surface area contributed by atoms with Crippen LogP contribution in [0.2, 0.25) is 0 Å². The number of benzene rings is 2. The first-order chi connectivity index (χ1) is 33.3. The van der Waals surface area contributed by atoms with E-state index in [2.05, 4.69) is 29.7 Å². The summed E-state index contributed by atoms with van der Waals surface area (Å²) in [7, 11) is 3.97. The lowest BCUT2D eigenvalue weighted by molar-refractivity contribution is -0.175. The maximum atomic E-state index is 15.1. The summed E-state index contributed by atoms with van der Waals surface area (Å²) in [5, 5.41) is 13.8. The highest BCUT2D eigenvalue weighted by Gasteiger charge is 2.57. The van der Waals surface area contributed by atoms with Gasteiger partial charge in [-0.3, -0.25) is 38.5 Å². The predicted molar refractivity (Wildman–Crippen MR) is 250 cm³/mol. The average molecular weight is 974 g/mol. The number of carbonyl (C=O) groups excluding carboxylic acids is 8. The molecule has 23 heteroatoms. The number of nitrogens with two attached hydrogens (primary N) is 4. The fourth-order valence-corrected chi connectivity index (χ4v) is 7.94. The van der Waals surface area contributed by atoms with E-state index >= 15 is 4.79 Å². The number of Topliss-reactive ketones (excluding diaryl/α,β-unsaturated/α-hetero) is 1. The molecule has 1 unspecified atom stereocenters. The lowest BCUT2D eigenvalue weighted by Gasteiger charge is -2.41. The second-order valence-corrected chi connectivity index (χ2v) is 16.3. The van der Waals surface area contributed by atoms with Gasteiger partial charge in [0.05, 0.1) is 39.7 Å². The zero-order valence-corrected chi connectivity index (χ0v) is 39.3. The van der Waals surface area contributed by atoms with E-state index in [9.17, 15) is 43.5 Å². The number of anilines is 2. The minimum absolute atomic E-state index is 0.0493. The summed E-state index contributed by atoms with van der Waals surface area (Å²) in [6, 6.07) is 10.2. The molecule has 2 aromatic carbocycles. The van der Waals surface area contributed by atoms with Crippen molar-refractivity contribution in [1.29, 1.82) is 0 Å². The summed E-state index contributed by atoms with van der Waals surface area (Å²) in [6.07, 6.45) is -1.62. The van der Waals surface area contributed by atoms with Crippen molar-refractivity contribution in [3.63, 3.8) is 0 Å². The van der Waals surface area contributed by atoms with Crippen LogP contribution in [0.15, 0.2) is 60.8 Å². The zero-order chi connectivity index (χ0) is 51.7. The van der Waals surface area contributed by atoms with Gasteiger partial charge < -0.3 is 57.3 Å². The number of fused-ring (bicyclic) bond motifs is 1. The van der Waals surface area contributed by atoms with Gasteiger partial charge in [-0.25, -0.2) is 9.59 Å². The van der Waals surface area contributed by atoms with E-state index < -0.39 is 128 Å². The minimum atomic E-state index is -3.07. The molecule has 0 saturated carbocycles. The lowest BCUT2D eigenvalue weighted by atomic mass is 9.77. The molecule has 11 N–H and O–H groups in total. The SMILES string of the molecule is COC(=O)[C@H](CCC(=O)[C@](CC(Cc1ccccc1)C(=O)O)(C(=O)OC)N(C(=O)CC[C@H](N)C(=O)OC)C(=O)CC[C@H](N)C(=O)OC)NC(=O)c1ccc(CCCc2c[nH]c3nc(N)nc(N)c23)cc1. The van der Waals surface area contributed by atoms with Crippen LogP contribution in [0.1, 0.15) is 78.4 Å². The van der Waals surface area contributed by atoms with Crippen molar-refractivity contribution in [2.75, 3.05) is 39.9 Å². The van der Waals surface area contributed by atoms with Crippen LogP contribution in [0.5, 0.6) is 0 Å². The van der Waals surface area contributed by atoms with E-state index in [0.29, 0.717) is 35.9 Å². The number of nitrogen functional groups attached to an aromatic ring is 2. The first-order valence-corrected chi connectivity index (χ1v) is 22.1. The normalized spacial score (nSPS) is 13.6. The number of methoxy groups -OCH3 is 4. The summed E-state index contributed by atoms with van der Waals surface area (Å²) in [5.41, 5.74) is 23.4. The molecule has 0 radical (unpaired) electrons. The Morgan fingerprint density at radius 3 is 1.86 bits per heavy atom. The summed E-state index contributed by atoms with van der Waals surface area (Å²) >= 11 is 0. The average Bonchev–Trinajstić information content (AvgIpc) is 3.77. The van der Waals surface area contributed by atoms with Gasteiger partial charge in [-0.2, -0.15) is 9.97 Å². The minimum Gasteiger partial charge on any atom is -0.481 e. The number of carbonyl (C=O) groups is 9. The van der Waals surface area contributed by atoms with Crippen LogP contribution >= 0.6 is 0 Å². The van der Waals surface area contributed by atoms with Gasteiger partial charge in [0, 0.05) is 37.4 Å². The van der Waals surface area contributed by atoms with Crippen LogP contribution in [0, 0.1) is 5.92 Å². The third kappa shape index (κ3) is 13.9. The van der Waals surface area contributed by atoms with Crippen LogP contribution < -0.4 is 28.3 Å². The maximum absolute atomic E-state index is 15.1.